The first kappa shape index (κ1) is 13.2. The fourth-order valence-electron chi connectivity index (χ4n) is 2.01. The van der Waals surface area contributed by atoms with E-state index in [0.29, 0.717) is 6.04 Å². The molecule has 1 heterocycles. The van der Waals surface area contributed by atoms with Crippen molar-refractivity contribution in [1.29, 1.82) is 0 Å². The van der Waals surface area contributed by atoms with Crippen molar-refractivity contribution < 1.29 is 0 Å². The fraction of sp³-hybridized carbons (Fsp3) is 0.643. The van der Waals surface area contributed by atoms with Gasteiger partial charge in [-0.2, -0.15) is 0 Å². The summed E-state index contributed by atoms with van der Waals surface area (Å²) >= 11 is 0. The van der Waals surface area contributed by atoms with Crippen LogP contribution in [-0.4, -0.2) is 17.6 Å². The Hall–Kier alpha value is -0.890. The van der Waals surface area contributed by atoms with Crippen LogP contribution in [0.2, 0.25) is 0 Å². The van der Waals surface area contributed by atoms with Crippen LogP contribution < -0.4 is 5.32 Å². The fourth-order valence-corrected chi connectivity index (χ4v) is 2.01. The zero-order chi connectivity index (χ0) is 11.8. The molecule has 90 valence electrons. The Bertz CT molecular complexity index is 271. The average Bonchev–Trinajstić information content (AvgIpc) is 2.34. The molecule has 0 saturated heterocycles. The van der Waals surface area contributed by atoms with Crippen LogP contribution in [0.15, 0.2) is 24.5 Å². The molecule has 0 spiro atoms. The maximum Gasteiger partial charge on any atom is 0.0270 e. The van der Waals surface area contributed by atoms with Crippen molar-refractivity contribution in [1.82, 2.24) is 10.3 Å². The van der Waals surface area contributed by atoms with Crippen molar-refractivity contribution in [3.05, 3.63) is 30.1 Å². The summed E-state index contributed by atoms with van der Waals surface area (Å²) in [5.41, 5.74) is 1.39. The lowest BCUT2D eigenvalue weighted by Gasteiger charge is -2.23. The molecular formula is C14H24N2. The van der Waals surface area contributed by atoms with Crippen molar-refractivity contribution in [3.8, 4) is 0 Å². The minimum Gasteiger partial charge on any atom is -0.314 e. The van der Waals surface area contributed by atoms with E-state index in [1.54, 1.807) is 0 Å². The third-order valence-electron chi connectivity index (χ3n) is 3.29. The molecule has 16 heavy (non-hydrogen) atoms. The second-order valence-electron chi connectivity index (χ2n) is 4.44. The van der Waals surface area contributed by atoms with Gasteiger partial charge >= 0.3 is 0 Å². The number of aromatic nitrogens is 1. The molecule has 1 N–H and O–H groups in total. The van der Waals surface area contributed by atoms with Crippen molar-refractivity contribution in [3.63, 3.8) is 0 Å². The van der Waals surface area contributed by atoms with Gasteiger partial charge in [0.1, 0.15) is 0 Å². The highest BCUT2D eigenvalue weighted by Gasteiger charge is 2.13. The van der Waals surface area contributed by atoms with Crippen LogP contribution in [0.25, 0.3) is 0 Å². The van der Waals surface area contributed by atoms with Crippen LogP contribution in [0.1, 0.15) is 39.2 Å². The van der Waals surface area contributed by atoms with Crippen molar-refractivity contribution in [2.24, 2.45) is 5.92 Å². The molecule has 2 unspecified atom stereocenters. The van der Waals surface area contributed by atoms with Gasteiger partial charge in [-0.1, -0.05) is 27.2 Å². The summed E-state index contributed by atoms with van der Waals surface area (Å²) in [7, 11) is 0. The van der Waals surface area contributed by atoms with Crippen LogP contribution in [-0.2, 0) is 6.42 Å². The molecule has 2 heteroatoms. The first-order valence-corrected chi connectivity index (χ1v) is 6.40. The van der Waals surface area contributed by atoms with Crippen LogP contribution in [0, 0.1) is 5.92 Å². The average molecular weight is 220 g/mol. The van der Waals surface area contributed by atoms with Crippen molar-refractivity contribution in [2.75, 3.05) is 6.54 Å². The lowest BCUT2D eigenvalue weighted by Crippen LogP contribution is -2.35. The van der Waals surface area contributed by atoms with Gasteiger partial charge in [-0.15, -0.1) is 0 Å². The Morgan fingerprint density at radius 2 is 1.94 bits per heavy atom. The number of nitrogens with one attached hydrogen (secondary N) is 1. The molecule has 1 aromatic rings. The molecule has 0 aliphatic carbocycles. The van der Waals surface area contributed by atoms with Crippen molar-refractivity contribution in [2.45, 2.75) is 46.1 Å². The van der Waals surface area contributed by atoms with Gasteiger partial charge < -0.3 is 5.32 Å². The third kappa shape index (κ3) is 4.31. The number of nitrogens with zero attached hydrogens (tertiary/aromatic N) is 1. The van der Waals surface area contributed by atoms with Gasteiger partial charge in [0.2, 0.25) is 0 Å². The van der Waals surface area contributed by atoms with Gasteiger partial charge in [0.05, 0.1) is 0 Å². The predicted octanol–water partition coefficient (Wildman–Crippen LogP) is 3.04. The topological polar surface area (TPSA) is 24.9 Å². The van der Waals surface area contributed by atoms with Crippen LogP contribution in [0.5, 0.6) is 0 Å². The lowest BCUT2D eigenvalue weighted by molar-refractivity contribution is 0.354. The zero-order valence-electron chi connectivity index (χ0n) is 10.7. The largest absolute Gasteiger partial charge is 0.314 e. The van der Waals surface area contributed by atoms with E-state index in [-0.39, 0.29) is 0 Å². The highest BCUT2D eigenvalue weighted by molar-refractivity contribution is 5.09. The monoisotopic (exact) mass is 220 g/mol. The molecule has 1 aromatic heterocycles. The Kier molecular flexibility index (Phi) is 6.09. The Balaban J connectivity index is 2.43. The van der Waals surface area contributed by atoms with Gasteiger partial charge in [-0.05, 0) is 43.0 Å². The standard InChI is InChI=1S/C14H24N2/c1-4-12(3)14(16-5-2)7-6-13-8-10-15-11-9-13/h8-12,14,16H,4-7H2,1-3H3. The molecule has 0 aromatic carbocycles. The number of hydrogen-bond acceptors (Lipinski definition) is 2. The summed E-state index contributed by atoms with van der Waals surface area (Å²) in [6.45, 7) is 7.84. The number of rotatable bonds is 7. The van der Waals surface area contributed by atoms with Crippen LogP contribution in [0.4, 0.5) is 0 Å². The second-order valence-corrected chi connectivity index (χ2v) is 4.44. The first-order valence-electron chi connectivity index (χ1n) is 6.40. The Morgan fingerprint density at radius 1 is 1.25 bits per heavy atom. The van der Waals surface area contributed by atoms with Gasteiger partial charge in [-0.25, -0.2) is 0 Å². The zero-order valence-corrected chi connectivity index (χ0v) is 10.7. The molecule has 0 aliphatic rings. The van der Waals surface area contributed by atoms with Gasteiger partial charge in [0.15, 0.2) is 0 Å². The first-order chi connectivity index (χ1) is 7.77. The predicted molar refractivity (Wildman–Crippen MR) is 69.5 cm³/mol. The molecule has 0 amide bonds. The quantitative estimate of drug-likeness (QED) is 0.764. The van der Waals surface area contributed by atoms with Crippen LogP contribution in [0.3, 0.4) is 0 Å². The Labute approximate surface area is 99.5 Å². The highest BCUT2D eigenvalue weighted by Crippen LogP contribution is 2.14. The molecule has 2 nitrogen and oxygen atoms in total. The van der Waals surface area contributed by atoms with E-state index in [9.17, 15) is 0 Å². The van der Waals surface area contributed by atoms with E-state index in [1.165, 1.54) is 18.4 Å². The summed E-state index contributed by atoms with van der Waals surface area (Å²) in [4.78, 5) is 4.04. The van der Waals surface area contributed by atoms with E-state index < -0.39 is 0 Å². The third-order valence-corrected chi connectivity index (χ3v) is 3.29. The normalized spacial score (nSPS) is 14.7. The summed E-state index contributed by atoms with van der Waals surface area (Å²) in [6, 6.07) is 4.86. The summed E-state index contributed by atoms with van der Waals surface area (Å²) in [5.74, 6) is 0.752. The lowest BCUT2D eigenvalue weighted by atomic mass is 9.93. The van der Waals surface area contributed by atoms with E-state index >= 15 is 0 Å². The Morgan fingerprint density at radius 3 is 2.50 bits per heavy atom. The number of aryl methyl sites for hydroxylation is 1. The minimum atomic E-state index is 0.642. The van der Waals surface area contributed by atoms with Crippen LogP contribution >= 0.6 is 0 Å². The molecule has 1 rings (SSSR count). The molecular weight excluding hydrogens is 196 g/mol. The summed E-state index contributed by atoms with van der Waals surface area (Å²) < 4.78 is 0. The van der Waals surface area contributed by atoms with E-state index in [2.05, 4.69) is 43.2 Å². The molecule has 0 saturated carbocycles. The molecule has 0 radical (unpaired) electrons. The van der Waals surface area contributed by atoms with E-state index in [1.807, 2.05) is 12.4 Å². The number of hydrogen-bond donors (Lipinski definition) is 1. The SMILES string of the molecule is CCNC(CCc1ccncc1)C(C)CC. The molecule has 2 atom stereocenters. The number of pyridine rings is 1. The molecule has 0 aliphatic heterocycles. The summed E-state index contributed by atoms with van der Waals surface area (Å²) in [6.07, 6.45) is 7.35. The van der Waals surface area contributed by atoms with Crippen molar-refractivity contribution >= 4 is 0 Å². The second kappa shape index (κ2) is 7.39. The molecule has 0 fully saturated rings. The summed E-state index contributed by atoms with van der Waals surface area (Å²) in [5, 5.41) is 3.59. The van der Waals surface area contributed by atoms with Gasteiger partial charge in [-0.3, -0.25) is 4.98 Å². The minimum absolute atomic E-state index is 0.642. The maximum atomic E-state index is 4.04. The maximum absolute atomic E-state index is 4.04. The van der Waals surface area contributed by atoms with E-state index in [4.69, 9.17) is 0 Å². The smallest absolute Gasteiger partial charge is 0.0270 e. The highest BCUT2D eigenvalue weighted by atomic mass is 14.9. The van der Waals surface area contributed by atoms with E-state index in [0.717, 1.165) is 18.9 Å². The van der Waals surface area contributed by atoms with Gasteiger partial charge in [0, 0.05) is 18.4 Å². The van der Waals surface area contributed by atoms with Gasteiger partial charge in [0.25, 0.3) is 0 Å². The molecule has 0 bridgehead atoms.